The van der Waals surface area contributed by atoms with Crippen LogP contribution in [-0.4, -0.2) is 11.6 Å². The SMILES string of the molecule is O=C(Cc1ccccc1)c1cccc(/N=N/Nc2cccc(C(=O)Cc3ccccc3)c2)c1. The number of carbonyl (C=O) groups excluding carboxylic acids is 2. The van der Waals surface area contributed by atoms with Gasteiger partial charge in [0.1, 0.15) is 0 Å². The van der Waals surface area contributed by atoms with E-state index >= 15 is 0 Å². The molecule has 0 aromatic heterocycles. The smallest absolute Gasteiger partial charge is 0.167 e. The quantitative estimate of drug-likeness (QED) is 0.182. The third-order valence-corrected chi connectivity index (χ3v) is 5.11. The molecule has 162 valence electrons. The Balaban J connectivity index is 1.38. The van der Waals surface area contributed by atoms with Crippen molar-refractivity contribution in [2.45, 2.75) is 12.8 Å². The number of carbonyl (C=O) groups is 2. The van der Waals surface area contributed by atoms with Crippen molar-refractivity contribution in [3.8, 4) is 0 Å². The number of ketones is 2. The van der Waals surface area contributed by atoms with Crippen LogP contribution in [0.3, 0.4) is 0 Å². The molecule has 0 spiro atoms. The molecule has 0 bridgehead atoms. The van der Waals surface area contributed by atoms with E-state index in [9.17, 15) is 9.59 Å². The number of rotatable bonds is 9. The highest BCUT2D eigenvalue weighted by atomic mass is 16.1. The Morgan fingerprint density at radius 3 is 1.76 bits per heavy atom. The second-order valence-corrected chi connectivity index (χ2v) is 7.61. The molecule has 33 heavy (non-hydrogen) atoms. The lowest BCUT2D eigenvalue weighted by Gasteiger charge is -2.05. The van der Waals surface area contributed by atoms with Crippen LogP contribution in [0.25, 0.3) is 0 Å². The molecule has 0 saturated heterocycles. The van der Waals surface area contributed by atoms with Gasteiger partial charge in [0.2, 0.25) is 0 Å². The highest BCUT2D eigenvalue weighted by Gasteiger charge is 2.09. The van der Waals surface area contributed by atoms with E-state index in [0.29, 0.717) is 35.3 Å². The number of hydrogen-bond donors (Lipinski definition) is 1. The summed E-state index contributed by atoms with van der Waals surface area (Å²) >= 11 is 0. The molecule has 0 unspecified atom stereocenters. The van der Waals surface area contributed by atoms with E-state index in [-0.39, 0.29) is 11.6 Å². The average molecular weight is 434 g/mol. The number of nitrogens with zero attached hydrogens (tertiary/aromatic N) is 2. The van der Waals surface area contributed by atoms with E-state index in [4.69, 9.17) is 0 Å². The van der Waals surface area contributed by atoms with Crippen molar-refractivity contribution in [1.29, 1.82) is 0 Å². The Labute approximate surface area is 192 Å². The largest absolute Gasteiger partial charge is 0.294 e. The molecule has 0 saturated carbocycles. The van der Waals surface area contributed by atoms with Crippen molar-refractivity contribution >= 4 is 22.9 Å². The summed E-state index contributed by atoms with van der Waals surface area (Å²) in [5.41, 5.74) is 7.23. The maximum Gasteiger partial charge on any atom is 0.167 e. The molecule has 0 radical (unpaired) electrons. The molecule has 0 amide bonds. The summed E-state index contributed by atoms with van der Waals surface area (Å²) in [6.07, 6.45) is 0.680. The summed E-state index contributed by atoms with van der Waals surface area (Å²) in [7, 11) is 0. The summed E-state index contributed by atoms with van der Waals surface area (Å²) in [4.78, 5) is 25.2. The fourth-order valence-electron chi connectivity index (χ4n) is 3.41. The van der Waals surface area contributed by atoms with Crippen LogP contribution in [0.15, 0.2) is 120 Å². The number of hydrogen-bond acceptors (Lipinski definition) is 4. The zero-order chi connectivity index (χ0) is 22.9. The number of nitrogens with one attached hydrogen (secondary N) is 1. The van der Waals surface area contributed by atoms with Crippen LogP contribution in [-0.2, 0) is 12.8 Å². The Kier molecular flexibility index (Phi) is 7.13. The average Bonchev–Trinajstić information content (AvgIpc) is 2.86. The monoisotopic (exact) mass is 433 g/mol. The van der Waals surface area contributed by atoms with Gasteiger partial charge in [-0.15, -0.1) is 5.11 Å². The Bertz CT molecular complexity index is 1270. The van der Waals surface area contributed by atoms with Crippen molar-refractivity contribution in [2.24, 2.45) is 10.3 Å². The normalized spacial score (nSPS) is 10.8. The molecule has 0 aliphatic carbocycles. The molecule has 0 aliphatic rings. The standard InChI is InChI=1S/C28H23N3O2/c32-27(17-21-9-3-1-4-10-21)23-13-7-15-25(19-23)29-31-30-26-16-8-14-24(20-26)28(33)18-22-11-5-2-6-12-22/h1-16,19-20H,17-18H2,(H,29,30). The summed E-state index contributed by atoms with van der Waals surface area (Å²) in [5.74, 6) is 0.0576. The van der Waals surface area contributed by atoms with E-state index < -0.39 is 0 Å². The van der Waals surface area contributed by atoms with Crippen molar-refractivity contribution in [1.82, 2.24) is 0 Å². The predicted molar refractivity (Wildman–Crippen MR) is 130 cm³/mol. The fourth-order valence-corrected chi connectivity index (χ4v) is 3.41. The van der Waals surface area contributed by atoms with Gasteiger partial charge in [0, 0.05) is 24.0 Å². The topological polar surface area (TPSA) is 70.9 Å². The van der Waals surface area contributed by atoms with E-state index in [1.54, 1.807) is 42.5 Å². The molecular weight excluding hydrogens is 410 g/mol. The van der Waals surface area contributed by atoms with E-state index in [0.717, 1.165) is 11.1 Å². The van der Waals surface area contributed by atoms with Gasteiger partial charge in [0.15, 0.2) is 11.6 Å². The van der Waals surface area contributed by atoms with Crippen LogP contribution < -0.4 is 5.43 Å². The van der Waals surface area contributed by atoms with Gasteiger partial charge in [-0.05, 0) is 35.4 Å². The van der Waals surface area contributed by atoms with E-state index in [1.165, 1.54) is 0 Å². The summed E-state index contributed by atoms with van der Waals surface area (Å²) < 4.78 is 0. The first-order valence-electron chi connectivity index (χ1n) is 10.7. The van der Waals surface area contributed by atoms with Gasteiger partial charge in [-0.2, -0.15) is 0 Å². The minimum Gasteiger partial charge on any atom is -0.294 e. The minimum absolute atomic E-state index is 0.0239. The number of Topliss-reactive ketones (excluding diaryl/α,β-unsaturated/α-hetero) is 2. The Morgan fingerprint density at radius 1 is 0.606 bits per heavy atom. The molecular formula is C28H23N3O2. The van der Waals surface area contributed by atoms with Crippen molar-refractivity contribution < 1.29 is 9.59 Å². The Morgan fingerprint density at radius 2 is 1.15 bits per heavy atom. The van der Waals surface area contributed by atoms with Gasteiger partial charge in [0.25, 0.3) is 0 Å². The van der Waals surface area contributed by atoms with Gasteiger partial charge in [-0.25, -0.2) is 0 Å². The lowest BCUT2D eigenvalue weighted by atomic mass is 10.0. The highest BCUT2D eigenvalue weighted by Crippen LogP contribution is 2.18. The Hall–Kier alpha value is -4.38. The third kappa shape index (κ3) is 6.31. The van der Waals surface area contributed by atoms with E-state index in [2.05, 4.69) is 15.8 Å². The maximum absolute atomic E-state index is 12.6. The van der Waals surface area contributed by atoms with E-state index in [1.807, 2.05) is 66.7 Å². The molecule has 0 fully saturated rings. The van der Waals surface area contributed by atoms with Gasteiger partial charge in [-0.1, -0.05) is 90.2 Å². The van der Waals surface area contributed by atoms with Crippen LogP contribution in [0.5, 0.6) is 0 Å². The van der Waals surface area contributed by atoms with Crippen LogP contribution in [0.2, 0.25) is 0 Å². The van der Waals surface area contributed by atoms with Crippen LogP contribution >= 0.6 is 0 Å². The van der Waals surface area contributed by atoms with Crippen molar-refractivity contribution in [3.63, 3.8) is 0 Å². The molecule has 0 atom stereocenters. The summed E-state index contributed by atoms with van der Waals surface area (Å²) in [6.45, 7) is 0. The highest BCUT2D eigenvalue weighted by molar-refractivity contribution is 5.98. The third-order valence-electron chi connectivity index (χ3n) is 5.11. The first-order valence-corrected chi connectivity index (χ1v) is 10.7. The minimum atomic E-state index is 0.0239. The van der Waals surface area contributed by atoms with Crippen molar-refractivity contribution in [3.05, 3.63) is 131 Å². The molecule has 4 aromatic rings. The number of benzene rings is 4. The molecule has 0 aliphatic heterocycles. The van der Waals surface area contributed by atoms with Gasteiger partial charge in [-0.3, -0.25) is 15.0 Å². The second kappa shape index (κ2) is 10.8. The van der Waals surface area contributed by atoms with Crippen LogP contribution in [0.1, 0.15) is 31.8 Å². The first-order chi connectivity index (χ1) is 16.2. The number of anilines is 1. The predicted octanol–water partition coefficient (Wildman–Crippen LogP) is 6.65. The van der Waals surface area contributed by atoms with Crippen LogP contribution in [0, 0.1) is 0 Å². The molecule has 4 rings (SSSR count). The van der Waals surface area contributed by atoms with Gasteiger partial charge >= 0.3 is 0 Å². The molecule has 5 nitrogen and oxygen atoms in total. The lowest BCUT2D eigenvalue weighted by molar-refractivity contribution is 0.0985. The lowest BCUT2D eigenvalue weighted by Crippen LogP contribution is -2.04. The zero-order valence-electron chi connectivity index (χ0n) is 18.0. The van der Waals surface area contributed by atoms with Crippen LogP contribution in [0.4, 0.5) is 11.4 Å². The molecule has 0 heterocycles. The molecule has 5 heteroatoms. The summed E-state index contributed by atoms with van der Waals surface area (Å²) in [5, 5.41) is 8.20. The second-order valence-electron chi connectivity index (χ2n) is 7.61. The first kappa shape index (κ1) is 21.8. The molecule has 1 N–H and O–H groups in total. The molecule has 4 aromatic carbocycles. The maximum atomic E-state index is 12.6. The van der Waals surface area contributed by atoms with Gasteiger partial charge < -0.3 is 0 Å². The fraction of sp³-hybridized carbons (Fsp3) is 0.0714. The summed E-state index contributed by atoms with van der Waals surface area (Å²) in [6, 6.07) is 33.5. The zero-order valence-corrected chi connectivity index (χ0v) is 18.0. The van der Waals surface area contributed by atoms with Crippen molar-refractivity contribution in [2.75, 3.05) is 5.43 Å². The van der Waals surface area contributed by atoms with Gasteiger partial charge in [0.05, 0.1) is 11.4 Å².